The summed E-state index contributed by atoms with van der Waals surface area (Å²) in [6, 6.07) is 37.3. The number of nitrogens with one attached hydrogen (secondary N) is 1. The van der Waals surface area contributed by atoms with E-state index < -0.39 is 0 Å². The molecule has 0 atom stereocenters. The number of anilines is 3. The Hall–Kier alpha value is -5.60. The maximum absolute atomic E-state index is 3.72. The second-order valence-electron chi connectivity index (χ2n) is 13.0. The highest BCUT2D eigenvalue weighted by atomic mass is 15.1. The Morgan fingerprint density at radius 3 is 1.83 bits per heavy atom. The van der Waals surface area contributed by atoms with E-state index in [1.807, 2.05) is 18.2 Å². The van der Waals surface area contributed by atoms with Gasteiger partial charge in [0, 0.05) is 33.5 Å². The highest BCUT2D eigenvalue weighted by Gasteiger charge is 2.20. The molecular formula is C46H42N2. The summed E-state index contributed by atoms with van der Waals surface area (Å²) >= 11 is 0. The number of nitrogens with zero attached hydrogens (tertiary/aromatic N) is 1. The molecule has 2 aliphatic carbocycles. The largest absolute Gasteiger partial charge is 0.355 e. The second-order valence-corrected chi connectivity index (χ2v) is 13.0. The van der Waals surface area contributed by atoms with Crippen LogP contribution in [0.1, 0.15) is 37.8 Å². The first-order valence-electron chi connectivity index (χ1n) is 16.9. The Morgan fingerprint density at radius 1 is 0.521 bits per heavy atom. The zero-order valence-corrected chi connectivity index (χ0v) is 28.3. The molecule has 0 aliphatic heterocycles. The van der Waals surface area contributed by atoms with Gasteiger partial charge < -0.3 is 10.2 Å². The molecule has 48 heavy (non-hydrogen) atoms. The molecule has 0 radical (unpaired) electrons. The van der Waals surface area contributed by atoms with E-state index in [2.05, 4.69) is 171 Å². The van der Waals surface area contributed by atoms with Crippen molar-refractivity contribution in [3.8, 4) is 0 Å². The summed E-state index contributed by atoms with van der Waals surface area (Å²) in [6.07, 6.45) is 19.8. The molecule has 6 aromatic carbocycles. The summed E-state index contributed by atoms with van der Waals surface area (Å²) in [5.41, 5.74) is 11.1. The van der Waals surface area contributed by atoms with Gasteiger partial charge in [-0.1, -0.05) is 125 Å². The SMILES string of the molecule is CC1=CC=C(Nc2ccc3ccc4c(N(C5=CC=C(C)CC=C5)c5ccc(C)cc5)ccc5ccc2c3c54)C=CC1.Cc1ccccc1. The minimum absolute atomic E-state index is 0.969. The normalized spacial score (nSPS) is 14.4. The molecule has 0 amide bonds. The van der Waals surface area contributed by atoms with Crippen LogP contribution < -0.4 is 10.2 Å². The second kappa shape index (κ2) is 13.6. The van der Waals surface area contributed by atoms with E-state index in [9.17, 15) is 0 Å². The van der Waals surface area contributed by atoms with Crippen LogP contribution in [0.15, 0.2) is 174 Å². The van der Waals surface area contributed by atoms with Crippen LogP contribution in [0.2, 0.25) is 0 Å². The average molecular weight is 623 g/mol. The van der Waals surface area contributed by atoms with Crippen LogP contribution in [0.4, 0.5) is 17.1 Å². The average Bonchev–Trinajstić information content (AvgIpc) is 3.45. The molecule has 2 nitrogen and oxygen atoms in total. The lowest BCUT2D eigenvalue weighted by atomic mass is 9.92. The third kappa shape index (κ3) is 6.48. The van der Waals surface area contributed by atoms with Crippen molar-refractivity contribution in [2.45, 2.75) is 40.5 Å². The maximum Gasteiger partial charge on any atom is 0.0540 e. The van der Waals surface area contributed by atoms with Crippen molar-refractivity contribution < 1.29 is 0 Å². The van der Waals surface area contributed by atoms with Gasteiger partial charge in [0.15, 0.2) is 0 Å². The molecule has 0 saturated carbocycles. The summed E-state index contributed by atoms with van der Waals surface area (Å²) in [5.74, 6) is 0. The van der Waals surface area contributed by atoms with Gasteiger partial charge in [-0.05, 0) is 111 Å². The number of benzene rings is 6. The van der Waals surface area contributed by atoms with E-state index in [1.165, 1.54) is 66.0 Å². The van der Waals surface area contributed by atoms with Crippen molar-refractivity contribution in [2.75, 3.05) is 10.2 Å². The molecule has 2 aliphatic rings. The van der Waals surface area contributed by atoms with E-state index in [0.717, 1.165) is 29.9 Å². The fourth-order valence-electron chi connectivity index (χ4n) is 6.58. The Labute approximate surface area is 284 Å². The third-order valence-electron chi connectivity index (χ3n) is 9.20. The molecule has 2 heteroatoms. The summed E-state index contributed by atoms with van der Waals surface area (Å²) < 4.78 is 0. The van der Waals surface area contributed by atoms with Crippen molar-refractivity contribution >= 4 is 49.4 Å². The van der Waals surface area contributed by atoms with Crippen LogP contribution in [0, 0.1) is 13.8 Å². The number of aryl methyl sites for hydroxylation is 2. The van der Waals surface area contributed by atoms with Crippen LogP contribution in [-0.4, -0.2) is 0 Å². The van der Waals surface area contributed by atoms with Gasteiger partial charge in [-0.2, -0.15) is 0 Å². The summed E-state index contributed by atoms with van der Waals surface area (Å²) in [7, 11) is 0. The predicted molar refractivity (Wildman–Crippen MR) is 209 cm³/mol. The predicted octanol–water partition coefficient (Wildman–Crippen LogP) is 13.0. The summed E-state index contributed by atoms with van der Waals surface area (Å²) in [6.45, 7) is 8.60. The van der Waals surface area contributed by atoms with E-state index in [4.69, 9.17) is 0 Å². The third-order valence-corrected chi connectivity index (χ3v) is 9.20. The lowest BCUT2D eigenvalue weighted by molar-refractivity contribution is 1.20. The van der Waals surface area contributed by atoms with E-state index in [-0.39, 0.29) is 0 Å². The molecule has 6 aromatic rings. The molecule has 0 aromatic heterocycles. The van der Waals surface area contributed by atoms with Gasteiger partial charge in [-0.15, -0.1) is 0 Å². The van der Waals surface area contributed by atoms with Crippen molar-refractivity contribution in [1.29, 1.82) is 0 Å². The van der Waals surface area contributed by atoms with Crippen LogP contribution in [0.25, 0.3) is 32.3 Å². The molecule has 0 spiro atoms. The molecule has 0 heterocycles. The highest BCUT2D eigenvalue weighted by Crippen LogP contribution is 2.44. The van der Waals surface area contributed by atoms with Gasteiger partial charge in [0.1, 0.15) is 0 Å². The van der Waals surface area contributed by atoms with Crippen molar-refractivity contribution in [2.24, 2.45) is 0 Å². The lowest BCUT2D eigenvalue weighted by Crippen LogP contribution is -2.15. The maximum atomic E-state index is 3.72. The number of hydrogen-bond donors (Lipinski definition) is 1. The summed E-state index contributed by atoms with van der Waals surface area (Å²) in [4.78, 5) is 2.41. The molecule has 0 bridgehead atoms. The zero-order chi connectivity index (χ0) is 33.0. The van der Waals surface area contributed by atoms with Crippen LogP contribution in [-0.2, 0) is 0 Å². The van der Waals surface area contributed by atoms with E-state index >= 15 is 0 Å². The van der Waals surface area contributed by atoms with Crippen molar-refractivity contribution in [3.05, 3.63) is 185 Å². The fourth-order valence-corrected chi connectivity index (χ4v) is 6.58. The molecule has 0 saturated heterocycles. The zero-order valence-electron chi connectivity index (χ0n) is 28.3. The van der Waals surface area contributed by atoms with Crippen molar-refractivity contribution in [1.82, 2.24) is 0 Å². The van der Waals surface area contributed by atoms with E-state index in [1.54, 1.807) is 0 Å². The molecule has 1 N–H and O–H groups in total. The van der Waals surface area contributed by atoms with Crippen LogP contribution in [0.3, 0.4) is 0 Å². The quantitative estimate of drug-likeness (QED) is 0.192. The number of rotatable bonds is 5. The topological polar surface area (TPSA) is 15.3 Å². The van der Waals surface area contributed by atoms with Gasteiger partial charge in [-0.3, -0.25) is 0 Å². The lowest BCUT2D eigenvalue weighted by Gasteiger charge is -2.28. The van der Waals surface area contributed by atoms with E-state index in [0.29, 0.717) is 0 Å². The molecular weight excluding hydrogens is 581 g/mol. The smallest absolute Gasteiger partial charge is 0.0540 e. The first-order valence-corrected chi connectivity index (χ1v) is 16.9. The number of allylic oxidation sites excluding steroid dienone is 10. The van der Waals surface area contributed by atoms with Gasteiger partial charge >= 0.3 is 0 Å². The Bertz CT molecular complexity index is 2280. The fraction of sp³-hybridized carbons (Fsp3) is 0.130. The van der Waals surface area contributed by atoms with Gasteiger partial charge in [0.05, 0.1) is 5.69 Å². The highest BCUT2D eigenvalue weighted by molar-refractivity contribution is 6.27. The minimum Gasteiger partial charge on any atom is -0.355 e. The molecule has 8 rings (SSSR count). The van der Waals surface area contributed by atoms with Crippen LogP contribution in [0.5, 0.6) is 0 Å². The monoisotopic (exact) mass is 622 g/mol. The van der Waals surface area contributed by atoms with Crippen molar-refractivity contribution in [3.63, 3.8) is 0 Å². The first kappa shape index (κ1) is 31.0. The molecule has 0 unspecified atom stereocenters. The summed E-state index contributed by atoms with van der Waals surface area (Å²) in [5, 5.41) is 11.4. The standard InChI is InChI=1S/C39H34N2.C7H8/c1-26-6-4-8-31(18-10-26)40-36-24-16-29-15-23-35-37(25-17-30-14-22-34(36)38(29)39(30)35)41(33-20-12-28(3)13-21-33)32-9-5-7-27(2)11-19-32;1-7-5-3-2-4-6-7/h4-5,8-25,40H,6-7H2,1-3H3;2-6H,1H3. The van der Waals surface area contributed by atoms with Gasteiger partial charge in [0.2, 0.25) is 0 Å². The van der Waals surface area contributed by atoms with Gasteiger partial charge in [-0.25, -0.2) is 0 Å². The minimum atomic E-state index is 0.969. The van der Waals surface area contributed by atoms with Gasteiger partial charge in [0.25, 0.3) is 0 Å². The molecule has 0 fully saturated rings. The number of hydrogen-bond acceptors (Lipinski definition) is 2. The Morgan fingerprint density at radius 2 is 1.12 bits per heavy atom. The molecule has 236 valence electrons. The van der Waals surface area contributed by atoms with Crippen LogP contribution >= 0.6 is 0 Å². The Kier molecular flexibility index (Phi) is 8.81. The Balaban J connectivity index is 0.000000465. The first-order chi connectivity index (χ1) is 23.4.